The third-order valence-corrected chi connectivity index (χ3v) is 1.91. The molecule has 0 aromatic heterocycles. The first-order valence-corrected chi connectivity index (χ1v) is 4.30. The van der Waals surface area contributed by atoms with Crippen molar-refractivity contribution in [3.63, 3.8) is 0 Å². The van der Waals surface area contributed by atoms with Crippen molar-refractivity contribution in [2.75, 3.05) is 14.2 Å². The van der Waals surface area contributed by atoms with Gasteiger partial charge in [0.15, 0.2) is 0 Å². The molecule has 1 unspecified atom stereocenters. The molecule has 4 nitrogen and oxygen atoms in total. The summed E-state index contributed by atoms with van der Waals surface area (Å²) in [5.74, 6) is -0.300. The van der Waals surface area contributed by atoms with Gasteiger partial charge in [0.05, 0.1) is 19.2 Å². The fourth-order valence-electron chi connectivity index (χ4n) is 1.21. The SMILES string of the molecule is CON=C1C=CC=CC1CC(=O)OC. The molecule has 0 aromatic rings. The molecule has 14 heavy (non-hydrogen) atoms. The van der Waals surface area contributed by atoms with Crippen LogP contribution in [0.15, 0.2) is 29.5 Å². The average Bonchev–Trinajstić information content (AvgIpc) is 2.21. The zero-order chi connectivity index (χ0) is 10.4. The molecule has 1 atom stereocenters. The van der Waals surface area contributed by atoms with Crippen LogP contribution in [0.1, 0.15) is 6.42 Å². The number of methoxy groups -OCH3 is 1. The highest BCUT2D eigenvalue weighted by Crippen LogP contribution is 2.14. The standard InChI is InChI=1S/C10H13NO3/c1-13-10(12)7-8-5-3-4-6-9(8)11-14-2/h3-6,8H,7H2,1-2H3. The van der Waals surface area contributed by atoms with E-state index in [0.717, 1.165) is 5.71 Å². The summed E-state index contributed by atoms with van der Waals surface area (Å²) in [6.07, 6.45) is 7.74. The number of oxime groups is 1. The van der Waals surface area contributed by atoms with Crippen LogP contribution in [-0.2, 0) is 14.4 Å². The summed E-state index contributed by atoms with van der Waals surface area (Å²) in [4.78, 5) is 15.7. The van der Waals surface area contributed by atoms with E-state index in [2.05, 4.69) is 14.7 Å². The molecule has 1 rings (SSSR count). The van der Waals surface area contributed by atoms with E-state index in [-0.39, 0.29) is 11.9 Å². The van der Waals surface area contributed by atoms with Gasteiger partial charge in [-0.05, 0) is 6.08 Å². The molecular formula is C10H13NO3. The number of allylic oxidation sites excluding steroid dienone is 4. The third kappa shape index (κ3) is 2.73. The van der Waals surface area contributed by atoms with Gasteiger partial charge < -0.3 is 9.57 Å². The van der Waals surface area contributed by atoms with Gasteiger partial charge >= 0.3 is 5.97 Å². The van der Waals surface area contributed by atoms with Crippen molar-refractivity contribution < 1.29 is 14.4 Å². The summed E-state index contributed by atoms with van der Waals surface area (Å²) in [5, 5.41) is 3.82. The summed E-state index contributed by atoms with van der Waals surface area (Å²) >= 11 is 0. The first-order chi connectivity index (χ1) is 6.77. The van der Waals surface area contributed by atoms with Gasteiger partial charge in [-0.25, -0.2) is 0 Å². The predicted molar refractivity (Wildman–Crippen MR) is 52.8 cm³/mol. The van der Waals surface area contributed by atoms with Gasteiger partial charge in [-0.15, -0.1) is 0 Å². The van der Waals surface area contributed by atoms with Gasteiger partial charge in [0, 0.05) is 5.92 Å². The number of hydrogen-bond donors (Lipinski definition) is 0. The lowest BCUT2D eigenvalue weighted by Gasteiger charge is -2.13. The van der Waals surface area contributed by atoms with Gasteiger partial charge in [0.2, 0.25) is 0 Å². The van der Waals surface area contributed by atoms with Crippen LogP contribution in [0.3, 0.4) is 0 Å². The molecule has 0 saturated carbocycles. The Morgan fingerprint density at radius 2 is 2.29 bits per heavy atom. The molecule has 0 N–H and O–H groups in total. The van der Waals surface area contributed by atoms with E-state index < -0.39 is 0 Å². The summed E-state index contributed by atoms with van der Waals surface area (Å²) in [6.45, 7) is 0. The fraction of sp³-hybridized carbons (Fsp3) is 0.400. The van der Waals surface area contributed by atoms with Crippen LogP contribution in [-0.4, -0.2) is 25.9 Å². The van der Waals surface area contributed by atoms with Crippen molar-refractivity contribution in [2.24, 2.45) is 11.1 Å². The fourth-order valence-corrected chi connectivity index (χ4v) is 1.21. The number of hydrogen-bond acceptors (Lipinski definition) is 4. The first kappa shape index (κ1) is 10.5. The Balaban J connectivity index is 2.66. The summed E-state index contributed by atoms with van der Waals surface area (Å²) in [6, 6.07) is 0. The van der Waals surface area contributed by atoms with E-state index in [1.807, 2.05) is 24.3 Å². The Labute approximate surface area is 82.9 Å². The molecule has 0 amide bonds. The number of carbonyl (C=O) groups is 1. The van der Waals surface area contributed by atoms with E-state index in [9.17, 15) is 4.79 Å². The smallest absolute Gasteiger partial charge is 0.306 e. The maximum Gasteiger partial charge on any atom is 0.306 e. The second kappa shape index (κ2) is 5.21. The predicted octanol–water partition coefficient (Wildman–Crippen LogP) is 1.29. The number of rotatable bonds is 3. The van der Waals surface area contributed by atoms with Crippen LogP contribution in [0.2, 0.25) is 0 Å². The maximum atomic E-state index is 11.1. The van der Waals surface area contributed by atoms with Crippen molar-refractivity contribution in [3.05, 3.63) is 24.3 Å². The second-order valence-electron chi connectivity index (χ2n) is 2.83. The molecule has 0 bridgehead atoms. The van der Waals surface area contributed by atoms with Crippen molar-refractivity contribution in [1.29, 1.82) is 0 Å². The van der Waals surface area contributed by atoms with E-state index in [1.54, 1.807) is 0 Å². The van der Waals surface area contributed by atoms with Crippen molar-refractivity contribution >= 4 is 11.7 Å². The number of nitrogens with zero attached hydrogens (tertiary/aromatic N) is 1. The molecule has 0 heterocycles. The van der Waals surface area contributed by atoms with Crippen LogP contribution in [0.4, 0.5) is 0 Å². The van der Waals surface area contributed by atoms with E-state index in [4.69, 9.17) is 0 Å². The van der Waals surface area contributed by atoms with Crippen molar-refractivity contribution in [2.45, 2.75) is 6.42 Å². The van der Waals surface area contributed by atoms with Crippen LogP contribution in [0, 0.1) is 5.92 Å². The molecule has 0 aliphatic heterocycles. The zero-order valence-corrected chi connectivity index (χ0v) is 8.27. The highest BCUT2D eigenvalue weighted by Gasteiger charge is 2.17. The molecule has 0 aromatic carbocycles. The summed E-state index contributed by atoms with van der Waals surface area (Å²) < 4.78 is 4.59. The van der Waals surface area contributed by atoms with Crippen LogP contribution >= 0.6 is 0 Å². The molecule has 0 spiro atoms. The minimum Gasteiger partial charge on any atom is -0.469 e. The lowest BCUT2D eigenvalue weighted by molar-refractivity contribution is -0.140. The molecule has 0 saturated heterocycles. The lowest BCUT2D eigenvalue weighted by Crippen LogP contribution is -2.17. The maximum absolute atomic E-state index is 11.1. The molecular weight excluding hydrogens is 182 g/mol. The van der Waals surface area contributed by atoms with Crippen LogP contribution in [0.5, 0.6) is 0 Å². The molecule has 76 valence electrons. The Kier molecular flexibility index (Phi) is 3.91. The molecule has 1 aliphatic carbocycles. The lowest BCUT2D eigenvalue weighted by atomic mass is 9.95. The second-order valence-corrected chi connectivity index (χ2v) is 2.83. The highest BCUT2D eigenvalue weighted by atomic mass is 16.6. The van der Waals surface area contributed by atoms with Gasteiger partial charge in [0.1, 0.15) is 7.11 Å². The summed E-state index contributed by atoms with van der Waals surface area (Å²) in [7, 11) is 2.85. The molecule has 0 radical (unpaired) electrons. The third-order valence-electron chi connectivity index (χ3n) is 1.91. The van der Waals surface area contributed by atoms with Gasteiger partial charge in [-0.2, -0.15) is 0 Å². The largest absolute Gasteiger partial charge is 0.469 e. The average molecular weight is 195 g/mol. The molecule has 1 aliphatic rings. The van der Waals surface area contributed by atoms with Crippen molar-refractivity contribution in [3.8, 4) is 0 Å². The Morgan fingerprint density at radius 3 is 2.93 bits per heavy atom. The van der Waals surface area contributed by atoms with E-state index >= 15 is 0 Å². The van der Waals surface area contributed by atoms with E-state index in [1.165, 1.54) is 14.2 Å². The minimum atomic E-state index is -0.251. The normalized spacial score (nSPS) is 22.4. The first-order valence-electron chi connectivity index (χ1n) is 4.30. The number of esters is 1. The topological polar surface area (TPSA) is 47.9 Å². The zero-order valence-electron chi connectivity index (χ0n) is 8.27. The quantitative estimate of drug-likeness (QED) is 0.503. The Hall–Kier alpha value is -1.58. The Morgan fingerprint density at radius 1 is 1.50 bits per heavy atom. The monoisotopic (exact) mass is 195 g/mol. The van der Waals surface area contributed by atoms with E-state index in [0.29, 0.717) is 6.42 Å². The number of carbonyl (C=O) groups excluding carboxylic acids is 1. The summed E-state index contributed by atoms with van der Waals surface area (Å²) in [5.41, 5.74) is 0.736. The van der Waals surface area contributed by atoms with Gasteiger partial charge in [0.25, 0.3) is 0 Å². The van der Waals surface area contributed by atoms with Crippen LogP contribution in [0.25, 0.3) is 0 Å². The van der Waals surface area contributed by atoms with Crippen molar-refractivity contribution in [1.82, 2.24) is 0 Å². The highest BCUT2D eigenvalue weighted by molar-refractivity contribution is 6.00. The minimum absolute atomic E-state index is 0.0487. The van der Waals surface area contributed by atoms with Gasteiger partial charge in [-0.1, -0.05) is 23.4 Å². The molecule has 0 fully saturated rings. The molecule has 4 heteroatoms. The Bertz CT molecular complexity index is 292. The van der Waals surface area contributed by atoms with Crippen LogP contribution < -0.4 is 0 Å². The van der Waals surface area contributed by atoms with Gasteiger partial charge in [-0.3, -0.25) is 4.79 Å². The number of ether oxygens (including phenoxy) is 1.